The van der Waals surface area contributed by atoms with Crippen molar-refractivity contribution in [3.05, 3.63) is 69.7 Å². The monoisotopic (exact) mass is 307 g/mol. The van der Waals surface area contributed by atoms with Crippen molar-refractivity contribution in [3.63, 3.8) is 0 Å². The van der Waals surface area contributed by atoms with Gasteiger partial charge in [0.05, 0.1) is 10.0 Å². The lowest BCUT2D eigenvalue weighted by Crippen LogP contribution is -2.09. The molecule has 0 aliphatic rings. The topological polar surface area (TPSA) is 49.7 Å². The van der Waals surface area contributed by atoms with Crippen molar-refractivity contribution in [1.82, 2.24) is 0 Å². The fraction of sp³-hybridized carbons (Fsp3) is 0.0667. The molecular formula is C15H11Cl2NO2. The van der Waals surface area contributed by atoms with E-state index < -0.39 is 12.0 Å². The van der Waals surface area contributed by atoms with Crippen molar-refractivity contribution in [1.29, 1.82) is 0 Å². The maximum atomic E-state index is 11.3. The van der Waals surface area contributed by atoms with E-state index in [1.54, 1.807) is 12.1 Å². The Morgan fingerprint density at radius 1 is 1.10 bits per heavy atom. The SMILES string of the molecule is O=C(O)C(/N=C/c1ccccc1)c1ccc(Cl)c(Cl)c1. The summed E-state index contributed by atoms with van der Waals surface area (Å²) < 4.78 is 0. The van der Waals surface area contributed by atoms with Crippen LogP contribution in [0.5, 0.6) is 0 Å². The highest BCUT2D eigenvalue weighted by molar-refractivity contribution is 6.42. The fourth-order valence-electron chi connectivity index (χ4n) is 1.67. The molecule has 2 aromatic rings. The maximum Gasteiger partial charge on any atom is 0.333 e. The van der Waals surface area contributed by atoms with Gasteiger partial charge in [-0.1, -0.05) is 59.6 Å². The number of hydrogen-bond acceptors (Lipinski definition) is 2. The van der Waals surface area contributed by atoms with Crippen molar-refractivity contribution >= 4 is 35.4 Å². The molecule has 0 bridgehead atoms. The standard InChI is InChI=1S/C15H11Cl2NO2/c16-12-7-6-11(8-13(12)17)14(15(19)20)18-9-10-4-2-1-3-5-10/h1-9,14H,(H,19,20)/b18-9+. The van der Waals surface area contributed by atoms with Crippen LogP contribution < -0.4 is 0 Å². The predicted octanol–water partition coefficient (Wildman–Crippen LogP) is 4.24. The Hall–Kier alpha value is -1.84. The number of hydrogen-bond donors (Lipinski definition) is 1. The Bertz CT molecular complexity index is 642. The third-order valence-corrected chi connectivity index (χ3v) is 3.40. The molecule has 0 aliphatic carbocycles. The van der Waals surface area contributed by atoms with E-state index >= 15 is 0 Å². The van der Waals surface area contributed by atoms with Gasteiger partial charge in [-0.25, -0.2) is 4.79 Å². The first-order chi connectivity index (χ1) is 9.58. The second-order valence-electron chi connectivity index (χ2n) is 4.10. The highest BCUT2D eigenvalue weighted by Crippen LogP contribution is 2.27. The van der Waals surface area contributed by atoms with Crippen LogP contribution in [-0.4, -0.2) is 17.3 Å². The van der Waals surface area contributed by atoms with Gasteiger partial charge in [0.25, 0.3) is 0 Å². The average molecular weight is 308 g/mol. The van der Waals surface area contributed by atoms with E-state index in [-0.39, 0.29) is 0 Å². The Morgan fingerprint density at radius 3 is 2.40 bits per heavy atom. The molecule has 2 aromatic carbocycles. The molecule has 5 heteroatoms. The molecule has 1 unspecified atom stereocenters. The van der Waals surface area contributed by atoms with Gasteiger partial charge in [0.1, 0.15) is 0 Å². The van der Waals surface area contributed by atoms with Gasteiger partial charge in [-0.05, 0) is 23.3 Å². The maximum absolute atomic E-state index is 11.3. The normalized spacial score (nSPS) is 12.5. The van der Waals surface area contributed by atoms with Gasteiger partial charge < -0.3 is 5.11 Å². The Labute approximate surface area is 126 Å². The Morgan fingerprint density at radius 2 is 1.80 bits per heavy atom. The zero-order valence-corrected chi connectivity index (χ0v) is 11.8. The molecule has 0 heterocycles. The van der Waals surface area contributed by atoms with Crippen LogP contribution in [0.1, 0.15) is 17.2 Å². The number of carboxylic acid groups (broad SMARTS) is 1. The summed E-state index contributed by atoms with van der Waals surface area (Å²) in [6.45, 7) is 0. The molecule has 0 radical (unpaired) electrons. The lowest BCUT2D eigenvalue weighted by Gasteiger charge is -2.08. The van der Waals surface area contributed by atoms with Gasteiger partial charge in [0, 0.05) is 6.21 Å². The van der Waals surface area contributed by atoms with Crippen molar-refractivity contribution in [2.24, 2.45) is 4.99 Å². The third-order valence-electron chi connectivity index (χ3n) is 2.67. The quantitative estimate of drug-likeness (QED) is 0.859. The Kier molecular flexibility index (Phi) is 4.77. The molecule has 20 heavy (non-hydrogen) atoms. The van der Waals surface area contributed by atoms with Gasteiger partial charge in [-0.15, -0.1) is 0 Å². The minimum Gasteiger partial charge on any atom is -0.479 e. The van der Waals surface area contributed by atoms with Gasteiger partial charge in [-0.2, -0.15) is 0 Å². The van der Waals surface area contributed by atoms with E-state index in [1.165, 1.54) is 12.3 Å². The molecule has 0 saturated heterocycles. The number of aliphatic carboxylic acids is 1. The van der Waals surface area contributed by atoms with Crippen LogP contribution in [-0.2, 0) is 4.79 Å². The first-order valence-corrected chi connectivity index (χ1v) is 6.59. The summed E-state index contributed by atoms with van der Waals surface area (Å²) >= 11 is 11.7. The van der Waals surface area contributed by atoms with Crippen LogP contribution in [0, 0.1) is 0 Å². The molecule has 0 fully saturated rings. The lowest BCUT2D eigenvalue weighted by atomic mass is 10.1. The first-order valence-electron chi connectivity index (χ1n) is 5.84. The molecule has 3 nitrogen and oxygen atoms in total. The highest BCUT2D eigenvalue weighted by atomic mass is 35.5. The second-order valence-corrected chi connectivity index (χ2v) is 4.92. The predicted molar refractivity (Wildman–Crippen MR) is 80.9 cm³/mol. The van der Waals surface area contributed by atoms with E-state index in [2.05, 4.69) is 4.99 Å². The number of carboxylic acids is 1. The number of carbonyl (C=O) groups is 1. The molecule has 0 aromatic heterocycles. The number of nitrogens with zero attached hydrogens (tertiary/aromatic N) is 1. The van der Waals surface area contributed by atoms with E-state index in [0.717, 1.165) is 5.56 Å². The van der Waals surface area contributed by atoms with E-state index in [9.17, 15) is 9.90 Å². The van der Waals surface area contributed by atoms with Crippen LogP contribution in [0.25, 0.3) is 0 Å². The average Bonchev–Trinajstić information content (AvgIpc) is 2.43. The molecule has 2 rings (SSSR count). The van der Waals surface area contributed by atoms with Crippen molar-refractivity contribution in [2.75, 3.05) is 0 Å². The molecule has 0 aliphatic heterocycles. The molecule has 0 amide bonds. The lowest BCUT2D eigenvalue weighted by molar-refractivity contribution is -0.138. The zero-order chi connectivity index (χ0) is 14.5. The second kappa shape index (κ2) is 6.55. The molecule has 102 valence electrons. The largest absolute Gasteiger partial charge is 0.479 e. The zero-order valence-electron chi connectivity index (χ0n) is 10.3. The fourth-order valence-corrected chi connectivity index (χ4v) is 1.98. The van der Waals surface area contributed by atoms with Gasteiger partial charge in [0.2, 0.25) is 0 Å². The van der Waals surface area contributed by atoms with Gasteiger partial charge in [0.15, 0.2) is 6.04 Å². The summed E-state index contributed by atoms with van der Waals surface area (Å²) in [6.07, 6.45) is 1.53. The summed E-state index contributed by atoms with van der Waals surface area (Å²) in [4.78, 5) is 15.4. The third kappa shape index (κ3) is 3.59. The summed E-state index contributed by atoms with van der Waals surface area (Å²) in [5, 5.41) is 9.97. The molecule has 0 spiro atoms. The van der Waals surface area contributed by atoms with Crippen LogP contribution in [0.2, 0.25) is 10.0 Å². The molecule has 1 N–H and O–H groups in total. The highest BCUT2D eigenvalue weighted by Gasteiger charge is 2.18. The van der Waals surface area contributed by atoms with Crippen LogP contribution in [0.15, 0.2) is 53.5 Å². The summed E-state index contributed by atoms with van der Waals surface area (Å²) in [6, 6.07) is 13.0. The number of benzene rings is 2. The van der Waals surface area contributed by atoms with Crippen LogP contribution >= 0.6 is 23.2 Å². The summed E-state index contributed by atoms with van der Waals surface area (Å²) in [5.41, 5.74) is 1.32. The molecular weight excluding hydrogens is 297 g/mol. The van der Waals surface area contributed by atoms with Crippen LogP contribution in [0.3, 0.4) is 0 Å². The van der Waals surface area contributed by atoms with E-state index in [1.807, 2.05) is 30.3 Å². The summed E-state index contributed by atoms with van der Waals surface area (Å²) in [5.74, 6) is -1.05. The number of rotatable bonds is 4. The van der Waals surface area contributed by atoms with Crippen molar-refractivity contribution in [2.45, 2.75) is 6.04 Å². The van der Waals surface area contributed by atoms with Crippen molar-refractivity contribution in [3.8, 4) is 0 Å². The Balaban J connectivity index is 2.30. The number of aliphatic imine (C=N–C) groups is 1. The molecule has 0 saturated carbocycles. The van der Waals surface area contributed by atoms with Gasteiger partial charge in [-0.3, -0.25) is 4.99 Å². The minimum atomic E-state index is -1.05. The van der Waals surface area contributed by atoms with E-state index in [4.69, 9.17) is 23.2 Å². The first kappa shape index (κ1) is 14.6. The van der Waals surface area contributed by atoms with E-state index in [0.29, 0.717) is 15.6 Å². The minimum absolute atomic E-state index is 0.310. The van der Waals surface area contributed by atoms with Crippen LogP contribution in [0.4, 0.5) is 0 Å². The van der Waals surface area contributed by atoms with Crippen molar-refractivity contribution < 1.29 is 9.90 Å². The smallest absolute Gasteiger partial charge is 0.333 e. The summed E-state index contributed by atoms with van der Waals surface area (Å²) in [7, 11) is 0. The van der Waals surface area contributed by atoms with Gasteiger partial charge >= 0.3 is 5.97 Å². The number of halogens is 2. The molecule has 1 atom stereocenters.